The van der Waals surface area contributed by atoms with E-state index in [-0.39, 0.29) is 11.3 Å². The van der Waals surface area contributed by atoms with Crippen LogP contribution in [0.15, 0.2) is 0 Å². The fraction of sp³-hybridized carbons (Fsp3) is 0.846. The van der Waals surface area contributed by atoms with Crippen LogP contribution in [0.1, 0.15) is 39.5 Å². The molecule has 0 aromatic heterocycles. The molecule has 1 amide bonds. The minimum absolute atomic E-state index is 0.0104. The number of hydrogen-bond donors (Lipinski definition) is 2. The maximum atomic E-state index is 12.4. The summed E-state index contributed by atoms with van der Waals surface area (Å²) >= 11 is 0. The maximum Gasteiger partial charge on any atom is 0.328 e. The largest absolute Gasteiger partial charge is 0.467 e. The molecule has 0 bridgehead atoms. The van der Waals surface area contributed by atoms with Crippen molar-refractivity contribution in [2.45, 2.75) is 45.6 Å². The lowest BCUT2D eigenvalue weighted by Gasteiger charge is -2.36. The lowest BCUT2D eigenvalue weighted by Crippen LogP contribution is -2.51. The molecule has 2 N–H and O–H groups in total. The second-order valence-corrected chi connectivity index (χ2v) is 5.00. The highest BCUT2D eigenvalue weighted by Gasteiger charge is 2.39. The zero-order valence-corrected chi connectivity index (χ0v) is 11.5. The molecule has 18 heavy (non-hydrogen) atoms. The number of rotatable bonds is 5. The van der Waals surface area contributed by atoms with Gasteiger partial charge in [0.1, 0.15) is 6.04 Å². The number of hydrogen-bond acceptors (Lipinski definition) is 4. The van der Waals surface area contributed by atoms with Crippen LogP contribution in [-0.4, -0.2) is 38.1 Å². The van der Waals surface area contributed by atoms with Gasteiger partial charge in [0.25, 0.3) is 0 Å². The molecule has 0 saturated carbocycles. The van der Waals surface area contributed by atoms with Crippen molar-refractivity contribution in [1.29, 1.82) is 0 Å². The number of ether oxygens (including phenoxy) is 1. The number of amides is 1. The summed E-state index contributed by atoms with van der Waals surface area (Å²) in [5.74, 6) is -0.410. The summed E-state index contributed by atoms with van der Waals surface area (Å²) in [5.41, 5.74) is -0.317. The Morgan fingerprint density at radius 1 is 1.39 bits per heavy atom. The summed E-state index contributed by atoms with van der Waals surface area (Å²) in [7, 11) is 1.33. The molecule has 1 saturated heterocycles. The second kappa shape index (κ2) is 6.73. The van der Waals surface area contributed by atoms with Crippen molar-refractivity contribution in [3.8, 4) is 0 Å². The number of esters is 1. The molecule has 104 valence electrons. The van der Waals surface area contributed by atoms with Gasteiger partial charge in [-0.2, -0.15) is 0 Å². The van der Waals surface area contributed by atoms with Crippen LogP contribution in [0, 0.1) is 5.41 Å². The van der Waals surface area contributed by atoms with Gasteiger partial charge in [-0.25, -0.2) is 4.79 Å². The van der Waals surface area contributed by atoms with Gasteiger partial charge in [-0.05, 0) is 39.3 Å². The van der Waals surface area contributed by atoms with Crippen molar-refractivity contribution in [3.63, 3.8) is 0 Å². The first-order chi connectivity index (χ1) is 8.55. The molecule has 5 heteroatoms. The third-order valence-electron chi connectivity index (χ3n) is 3.67. The van der Waals surface area contributed by atoms with Gasteiger partial charge < -0.3 is 15.4 Å². The Kier molecular flexibility index (Phi) is 5.59. The molecular weight excluding hydrogens is 232 g/mol. The van der Waals surface area contributed by atoms with Gasteiger partial charge in [0.15, 0.2) is 0 Å². The molecule has 1 rings (SSSR count). The number of piperidine rings is 1. The monoisotopic (exact) mass is 256 g/mol. The second-order valence-electron chi connectivity index (χ2n) is 5.00. The lowest BCUT2D eigenvalue weighted by atomic mass is 9.74. The van der Waals surface area contributed by atoms with Gasteiger partial charge in [0.05, 0.1) is 12.5 Å². The molecule has 1 heterocycles. The first-order valence-electron chi connectivity index (χ1n) is 6.65. The van der Waals surface area contributed by atoms with E-state index in [1.165, 1.54) is 7.11 Å². The Bertz CT molecular complexity index is 293. The van der Waals surface area contributed by atoms with Crippen molar-refractivity contribution in [2.75, 3.05) is 20.2 Å². The highest BCUT2D eigenvalue weighted by atomic mass is 16.5. The summed E-state index contributed by atoms with van der Waals surface area (Å²) < 4.78 is 4.63. The van der Waals surface area contributed by atoms with Crippen LogP contribution >= 0.6 is 0 Å². The summed E-state index contributed by atoms with van der Waals surface area (Å²) in [5, 5.41) is 6.05. The molecule has 5 nitrogen and oxygen atoms in total. The standard InChI is InChI=1S/C13H24N2O3/c1-4-5-13(6-8-14-9-7-13)12(17)15-10(2)11(16)18-3/h10,14H,4-9H2,1-3H3,(H,15,17). The van der Waals surface area contributed by atoms with Gasteiger partial charge >= 0.3 is 5.97 Å². The molecule has 1 aliphatic heterocycles. The predicted octanol–water partition coefficient (Wildman–Crippen LogP) is 0.834. The average Bonchev–Trinajstić information content (AvgIpc) is 2.39. The SMILES string of the molecule is CCCC1(C(=O)NC(C)C(=O)OC)CCNCC1. The molecule has 0 spiro atoms. The number of methoxy groups -OCH3 is 1. The van der Waals surface area contributed by atoms with E-state index in [2.05, 4.69) is 22.3 Å². The first-order valence-corrected chi connectivity index (χ1v) is 6.65. The Hall–Kier alpha value is -1.10. The van der Waals surface area contributed by atoms with Crippen molar-refractivity contribution in [3.05, 3.63) is 0 Å². The van der Waals surface area contributed by atoms with Gasteiger partial charge in [-0.15, -0.1) is 0 Å². The van der Waals surface area contributed by atoms with E-state index in [4.69, 9.17) is 0 Å². The van der Waals surface area contributed by atoms with Crippen molar-refractivity contribution >= 4 is 11.9 Å². The van der Waals surface area contributed by atoms with Crippen molar-refractivity contribution in [2.24, 2.45) is 5.41 Å². The van der Waals surface area contributed by atoms with Gasteiger partial charge in [0.2, 0.25) is 5.91 Å². The molecular formula is C13H24N2O3. The summed E-state index contributed by atoms with van der Waals surface area (Å²) in [4.78, 5) is 23.7. The first kappa shape index (κ1) is 15.0. The molecule has 0 aliphatic carbocycles. The maximum absolute atomic E-state index is 12.4. The van der Waals surface area contributed by atoms with Crippen LogP contribution in [0.25, 0.3) is 0 Å². The van der Waals surface area contributed by atoms with E-state index in [1.807, 2.05) is 0 Å². The van der Waals surface area contributed by atoms with E-state index >= 15 is 0 Å². The van der Waals surface area contributed by atoms with Gasteiger partial charge in [-0.3, -0.25) is 4.79 Å². The highest BCUT2D eigenvalue weighted by molar-refractivity contribution is 5.87. The molecule has 1 atom stereocenters. The zero-order chi connectivity index (χ0) is 13.6. The molecule has 1 unspecified atom stereocenters. The molecule has 1 aliphatic rings. The number of nitrogens with one attached hydrogen (secondary N) is 2. The summed E-state index contributed by atoms with van der Waals surface area (Å²) in [6.45, 7) is 5.46. The third kappa shape index (κ3) is 3.45. The van der Waals surface area contributed by atoms with E-state index in [9.17, 15) is 9.59 Å². The minimum atomic E-state index is -0.578. The summed E-state index contributed by atoms with van der Waals surface area (Å²) in [6, 6.07) is -0.578. The molecule has 1 fully saturated rings. The predicted molar refractivity (Wildman–Crippen MR) is 69.1 cm³/mol. The van der Waals surface area contributed by atoms with Crippen molar-refractivity contribution < 1.29 is 14.3 Å². The Morgan fingerprint density at radius 3 is 2.50 bits per heavy atom. The van der Waals surface area contributed by atoms with E-state index in [1.54, 1.807) is 6.92 Å². The number of carbonyl (C=O) groups excluding carboxylic acids is 2. The molecule has 0 aromatic rings. The van der Waals surface area contributed by atoms with Crippen molar-refractivity contribution in [1.82, 2.24) is 10.6 Å². The fourth-order valence-corrected chi connectivity index (χ4v) is 2.56. The van der Waals surface area contributed by atoms with Crippen LogP contribution in [-0.2, 0) is 14.3 Å². The Morgan fingerprint density at radius 2 is 2.00 bits per heavy atom. The van der Waals surface area contributed by atoms with Crippen LogP contribution in [0.2, 0.25) is 0 Å². The van der Waals surface area contributed by atoms with Crippen LogP contribution in [0.4, 0.5) is 0 Å². The number of carbonyl (C=O) groups is 2. The average molecular weight is 256 g/mol. The summed E-state index contributed by atoms with van der Waals surface area (Å²) in [6.07, 6.45) is 3.51. The third-order valence-corrected chi connectivity index (χ3v) is 3.67. The molecule has 0 aromatic carbocycles. The minimum Gasteiger partial charge on any atom is -0.467 e. The molecule has 0 radical (unpaired) electrons. The highest BCUT2D eigenvalue weighted by Crippen LogP contribution is 2.34. The van der Waals surface area contributed by atoms with Crippen LogP contribution in [0.3, 0.4) is 0 Å². The van der Waals surface area contributed by atoms with Gasteiger partial charge in [-0.1, -0.05) is 13.3 Å². The topological polar surface area (TPSA) is 67.4 Å². The van der Waals surface area contributed by atoms with E-state index in [0.29, 0.717) is 0 Å². The Labute approximate surface area is 109 Å². The van der Waals surface area contributed by atoms with Gasteiger partial charge in [0, 0.05) is 0 Å². The smallest absolute Gasteiger partial charge is 0.328 e. The van der Waals surface area contributed by atoms with E-state index in [0.717, 1.165) is 38.8 Å². The lowest BCUT2D eigenvalue weighted by molar-refractivity contribution is -0.146. The van der Waals surface area contributed by atoms with Crippen LogP contribution in [0.5, 0.6) is 0 Å². The van der Waals surface area contributed by atoms with Crippen LogP contribution < -0.4 is 10.6 Å². The fourth-order valence-electron chi connectivity index (χ4n) is 2.56. The van der Waals surface area contributed by atoms with E-state index < -0.39 is 12.0 Å². The zero-order valence-electron chi connectivity index (χ0n) is 11.5. The quantitative estimate of drug-likeness (QED) is 0.715. The Balaban J connectivity index is 2.67. The normalized spacial score (nSPS) is 19.9.